The molecule has 0 amide bonds. The van der Waals surface area contributed by atoms with Gasteiger partial charge in [0.25, 0.3) is 0 Å². The lowest BCUT2D eigenvalue weighted by molar-refractivity contribution is 0.0431. The van der Waals surface area contributed by atoms with Crippen LogP contribution in [0.5, 0.6) is 0 Å². The Morgan fingerprint density at radius 3 is 2.70 bits per heavy atom. The predicted molar refractivity (Wildman–Crippen MR) is 85.9 cm³/mol. The van der Waals surface area contributed by atoms with E-state index in [0.717, 1.165) is 44.6 Å². The van der Waals surface area contributed by atoms with Gasteiger partial charge in [0.1, 0.15) is 0 Å². The van der Waals surface area contributed by atoms with Gasteiger partial charge in [-0.05, 0) is 31.3 Å². The summed E-state index contributed by atoms with van der Waals surface area (Å²) in [5, 5.41) is 0. The van der Waals surface area contributed by atoms with Crippen LogP contribution in [0.1, 0.15) is 47.0 Å². The lowest BCUT2D eigenvalue weighted by atomic mass is 9.68. The molecule has 1 heterocycles. The minimum absolute atomic E-state index is 0.203. The summed E-state index contributed by atoms with van der Waals surface area (Å²) in [5.74, 6) is 2.23. The van der Waals surface area contributed by atoms with Gasteiger partial charge in [-0.2, -0.15) is 0 Å². The first kappa shape index (κ1) is 15.6. The van der Waals surface area contributed by atoms with Crippen LogP contribution in [0.15, 0.2) is 4.99 Å². The number of guanidine groups is 1. The molecule has 1 aliphatic carbocycles. The summed E-state index contributed by atoms with van der Waals surface area (Å²) in [6.45, 7) is 14.5. The smallest absolute Gasteiger partial charge is 0.191 e. The first-order valence-corrected chi connectivity index (χ1v) is 8.35. The molecule has 2 aliphatic rings. The number of nitrogens with zero attached hydrogens (tertiary/aromatic N) is 3. The fourth-order valence-corrected chi connectivity index (χ4v) is 4.08. The van der Waals surface area contributed by atoms with Crippen molar-refractivity contribution in [3.63, 3.8) is 0 Å². The Morgan fingerprint density at radius 1 is 1.35 bits per heavy atom. The van der Waals surface area contributed by atoms with Crippen molar-refractivity contribution in [2.75, 3.05) is 32.7 Å². The maximum atomic E-state index is 6.22. The van der Waals surface area contributed by atoms with Crippen LogP contribution >= 0.6 is 0 Å². The highest BCUT2D eigenvalue weighted by molar-refractivity contribution is 5.81. The molecule has 3 unspecified atom stereocenters. The molecule has 116 valence electrons. The van der Waals surface area contributed by atoms with Gasteiger partial charge in [0.05, 0.1) is 12.1 Å². The van der Waals surface area contributed by atoms with E-state index in [1.54, 1.807) is 0 Å². The molecule has 0 saturated heterocycles. The first-order valence-electron chi connectivity index (χ1n) is 8.35. The number of nitrogens with two attached hydrogens (primary N) is 1. The molecule has 2 rings (SSSR count). The summed E-state index contributed by atoms with van der Waals surface area (Å²) in [4.78, 5) is 9.52. The Morgan fingerprint density at radius 2 is 2.05 bits per heavy atom. The molecule has 0 aromatic rings. The lowest BCUT2D eigenvalue weighted by Crippen LogP contribution is -2.59. The van der Waals surface area contributed by atoms with E-state index in [1.807, 2.05) is 0 Å². The average Bonchev–Trinajstić information content (AvgIpc) is 2.75. The van der Waals surface area contributed by atoms with Crippen LogP contribution in [0.2, 0.25) is 0 Å². The molecule has 4 heteroatoms. The Balaban J connectivity index is 2.09. The van der Waals surface area contributed by atoms with E-state index in [2.05, 4.69) is 42.5 Å². The summed E-state index contributed by atoms with van der Waals surface area (Å²) in [7, 11) is 0. The molecule has 1 saturated carbocycles. The van der Waals surface area contributed by atoms with Gasteiger partial charge in [0, 0.05) is 13.1 Å². The maximum Gasteiger partial charge on any atom is 0.191 e. The van der Waals surface area contributed by atoms with Crippen molar-refractivity contribution >= 4 is 5.96 Å². The molecule has 0 radical (unpaired) electrons. The van der Waals surface area contributed by atoms with Crippen molar-refractivity contribution in [3.8, 4) is 0 Å². The zero-order chi connectivity index (χ0) is 14.8. The van der Waals surface area contributed by atoms with Crippen LogP contribution in [0.3, 0.4) is 0 Å². The van der Waals surface area contributed by atoms with E-state index < -0.39 is 0 Å². The standard InChI is InChI=1S/C16H32N4/c1-5-19(6-2)10-11-20-15(17)18-12-16(20)9-7-8-13(3)14(16)4/h13-14H,5-12H2,1-4H3,(H2,17,18). The maximum absolute atomic E-state index is 6.22. The summed E-state index contributed by atoms with van der Waals surface area (Å²) >= 11 is 0. The second kappa shape index (κ2) is 6.33. The summed E-state index contributed by atoms with van der Waals surface area (Å²) in [6.07, 6.45) is 3.92. The fourth-order valence-electron chi connectivity index (χ4n) is 4.08. The van der Waals surface area contributed by atoms with Gasteiger partial charge in [-0.15, -0.1) is 0 Å². The fraction of sp³-hybridized carbons (Fsp3) is 0.938. The van der Waals surface area contributed by atoms with Crippen LogP contribution < -0.4 is 5.73 Å². The summed E-state index contributed by atoms with van der Waals surface area (Å²) in [5.41, 5.74) is 6.42. The van der Waals surface area contributed by atoms with E-state index in [1.165, 1.54) is 19.3 Å². The van der Waals surface area contributed by atoms with E-state index in [9.17, 15) is 0 Å². The van der Waals surface area contributed by atoms with E-state index in [4.69, 9.17) is 5.73 Å². The molecule has 0 bridgehead atoms. The highest BCUT2D eigenvalue weighted by Gasteiger charge is 2.49. The molecular formula is C16H32N4. The van der Waals surface area contributed by atoms with Gasteiger partial charge in [-0.3, -0.25) is 4.99 Å². The van der Waals surface area contributed by atoms with E-state index in [0.29, 0.717) is 5.92 Å². The van der Waals surface area contributed by atoms with Crippen molar-refractivity contribution < 1.29 is 0 Å². The number of rotatable bonds is 5. The minimum Gasteiger partial charge on any atom is -0.370 e. The SMILES string of the molecule is CCN(CC)CCN1C(N)=NCC12CCCC(C)C2C. The Hall–Kier alpha value is -0.770. The van der Waals surface area contributed by atoms with Crippen LogP contribution in [0.4, 0.5) is 0 Å². The number of hydrogen-bond acceptors (Lipinski definition) is 4. The molecule has 3 atom stereocenters. The van der Waals surface area contributed by atoms with Crippen LogP contribution in [0, 0.1) is 11.8 Å². The van der Waals surface area contributed by atoms with Gasteiger partial charge in [-0.1, -0.05) is 40.5 Å². The Labute approximate surface area is 124 Å². The second-order valence-corrected chi connectivity index (χ2v) is 6.61. The van der Waals surface area contributed by atoms with Crippen LogP contribution in [-0.2, 0) is 0 Å². The van der Waals surface area contributed by atoms with E-state index in [-0.39, 0.29) is 5.54 Å². The van der Waals surface area contributed by atoms with Crippen molar-refractivity contribution in [1.29, 1.82) is 0 Å². The highest BCUT2D eigenvalue weighted by Crippen LogP contribution is 2.43. The Kier molecular flexibility index (Phi) is 4.95. The van der Waals surface area contributed by atoms with Crippen LogP contribution in [0.25, 0.3) is 0 Å². The molecular weight excluding hydrogens is 248 g/mol. The normalized spacial score (nSPS) is 34.0. The first-order chi connectivity index (χ1) is 9.55. The van der Waals surface area contributed by atoms with Gasteiger partial charge in [-0.25, -0.2) is 0 Å². The number of aliphatic imine (C=N–C) groups is 1. The van der Waals surface area contributed by atoms with E-state index >= 15 is 0 Å². The molecule has 20 heavy (non-hydrogen) atoms. The van der Waals surface area contributed by atoms with Crippen molar-refractivity contribution in [1.82, 2.24) is 9.80 Å². The average molecular weight is 280 g/mol. The number of likely N-dealkylation sites (N-methyl/N-ethyl adjacent to an activating group) is 1. The molecule has 2 N–H and O–H groups in total. The zero-order valence-corrected chi connectivity index (χ0v) is 13.7. The third-order valence-electron chi connectivity index (χ3n) is 5.83. The molecule has 4 nitrogen and oxygen atoms in total. The molecule has 1 spiro atoms. The van der Waals surface area contributed by atoms with Crippen LogP contribution in [-0.4, -0.2) is 54.0 Å². The van der Waals surface area contributed by atoms with Gasteiger partial charge in [0.15, 0.2) is 5.96 Å². The quantitative estimate of drug-likeness (QED) is 0.839. The highest BCUT2D eigenvalue weighted by atomic mass is 15.4. The minimum atomic E-state index is 0.203. The molecule has 1 aliphatic heterocycles. The van der Waals surface area contributed by atoms with Crippen molar-refractivity contribution in [2.45, 2.75) is 52.5 Å². The number of hydrogen-bond donors (Lipinski definition) is 1. The summed E-state index contributed by atoms with van der Waals surface area (Å²) < 4.78 is 0. The molecule has 1 fully saturated rings. The van der Waals surface area contributed by atoms with Gasteiger partial charge in [0.2, 0.25) is 0 Å². The third-order valence-corrected chi connectivity index (χ3v) is 5.83. The zero-order valence-electron chi connectivity index (χ0n) is 13.7. The molecule has 0 aromatic heterocycles. The second-order valence-electron chi connectivity index (χ2n) is 6.61. The summed E-state index contributed by atoms with van der Waals surface area (Å²) in [6, 6.07) is 0. The van der Waals surface area contributed by atoms with Gasteiger partial charge >= 0.3 is 0 Å². The lowest BCUT2D eigenvalue weighted by Gasteiger charge is -2.49. The largest absolute Gasteiger partial charge is 0.370 e. The monoisotopic (exact) mass is 280 g/mol. The van der Waals surface area contributed by atoms with Crippen molar-refractivity contribution in [3.05, 3.63) is 0 Å². The van der Waals surface area contributed by atoms with Gasteiger partial charge < -0.3 is 15.5 Å². The topological polar surface area (TPSA) is 44.9 Å². The third kappa shape index (κ3) is 2.67. The van der Waals surface area contributed by atoms with Crippen molar-refractivity contribution in [2.24, 2.45) is 22.6 Å². The molecule has 0 aromatic carbocycles. The Bertz CT molecular complexity index is 350. The predicted octanol–water partition coefficient (Wildman–Crippen LogP) is 2.15.